The van der Waals surface area contributed by atoms with Crippen molar-refractivity contribution in [2.75, 3.05) is 26.2 Å². The lowest BCUT2D eigenvalue weighted by molar-refractivity contribution is -0.136. The lowest BCUT2D eigenvalue weighted by atomic mass is 9.88. The summed E-state index contributed by atoms with van der Waals surface area (Å²) in [6.45, 7) is 6.11. The summed E-state index contributed by atoms with van der Waals surface area (Å²) in [5.41, 5.74) is 0. The lowest BCUT2D eigenvalue weighted by Crippen LogP contribution is -2.50. The van der Waals surface area contributed by atoms with E-state index in [1.807, 2.05) is 4.90 Å². The largest absolute Gasteiger partial charge is 0.342 e. The highest BCUT2D eigenvalue weighted by atomic mass is 16.2. The molecule has 1 amide bonds. The van der Waals surface area contributed by atoms with Crippen LogP contribution in [-0.4, -0.2) is 37.0 Å². The van der Waals surface area contributed by atoms with Crippen LogP contribution in [0.5, 0.6) is 0 Å². The van der Waals surface area contributed by atoms with Gasteiger partial charge in [0, 0.05) is 19.0 Å². The quantitative estimate of drug-likeness (QED) is 0.673. The Morgan fingerprint density at radius 3 is 2.46 bits per heavy atom. The fourth-order valence-electron chi connectivity index (χ4n) is 2.09. The Labute approximate surface area is 79.5 Å². The van der Waals surface area contributed by atoms with Crippen LogP contribution in [0.2, 0.25) is 0 Å². The summed E-state index contributed by atoms with van der Waals surface area (Å²) in [5.74, 6) is 1.21. The van der Waals surface area contributed by atoms with Gasteiger partial charge in [0.05, 0.1) is 0 Å². The molecule has 2 rings (SSSR count). The highest BCUT2D eigenvalue weighted by Gasteiger charge is 2.32. The minimum atomic E-state index is 0.236. The van der Waals surface area contributed by atoms with E-state index in [2.05, 4.69) is 12.2 Å². The van der Waals surface area contributed by atoms with Crippen molar-refractivity contribution in [1.82, 2.24) is 10.2 Å². The second-order valence-electron chi connectivity index (χ2n) is 4.24. The fourth-order valence-corrected chi connectivity index (χ4v) is 2.09. The molecule has 3 nitrogen and oxygen atoms in total. The van der Waals surface area contributed by atoms with Gasteiger partial charge in [-0.3, -0.25) is 4.79 Å². The molecule has 1 unspecified atom stereocenters. The van der Waals surface area contributed by atoms with Crippen molar-refractivity contribution < 1.29 is 4.79 Å². The van der Waals surface area contributed by atoms with E-state index in [-0.39, 0.29) is 5.92 Å². The number of hydrogen-bond acceptors (Lipinski definition) is 2. The SMILES string of the molecule is CC(C(=O)N1CCCC1)C1CNC1. The zero-order valence-electron chi connectivity index (χ0n) is 8.25. The molecule has 0 aromatic heterocycles. The maximum atomic E-state index is 11.9. The Balaban J connectivity index is 1.87. The van der Waals surface area contributed by atoms with Crippen LogP contribution in [0.15, 0.2) is 0 Å². The van der Waals surface area contributed by atoms with E-state index in [0.29, 0.717) is 11.8 Å². The zero-order chi connectivity index (χ0) is 9.26. The first-order valence-electron chi connectivity index (χ1n) is 5.28. The molecular weight excluding hydrogens is 164 g/mol. The van der Waals surface area contributed by atoms with E-state index in [1.54, 1.807) is 0 Å². The molecule has 0 spiro atoms. The lowest BCUT2D eigenvalue weighted by Gasteiger charge is -2.33. The first kappa shape index (κ1) is 9.00. The van der Waals surface area contributed by atoms with E-state index in [0.717, 1.165) is 26.2 Å². The first-order valence-corrected chi connectivity index (χ1v) is 5.28. The summed E-state index contributed by atoms with van der Waals surface area (Å²) in [4.78, 5) is 13.9. The van der Waals surface area contributed by atoms with Crippen molar-refractivity contribution in [2.24, 2.45) is 11.8 Å². The predicted molar refractivity (Wildman–Crippen MR) is 51.3 cm³/mol. The average molecular weight is 182 g/mol. The number of nitrogens with zero attached hydrogens (tertiary/aromatic N) is 1. The number of carbonyl (C=O) groups is 1. The predicted octanol–water partition coefficient (Wildman–Crippen LogP) is 0.464. The monoisotopic (exact) mass is 182 g/mol. The molecule has 2 fully saturated rings. The van der Waals surface area contributed by atoms with Gasteiger partial charge in [-0.2, -0.15) is 0 Å². The second kappa shape index (κ2) is 3.66. The Morgan fingerprint density at radius 2 is 2.00 bits per heavy atom. The van der Waals surface area contributed by atoms with E-state index in [4.69, 9.17) is 0 Å². The van der Waals surface area contributed by atoms with Crippen molar-refractivity contribution in [3.63, 3.8) is 0 Å². The van der Waals surface area contributed by atoms with Crippen molar-refractivity contribution in [1.29, 1.82) is 0 Å². The molecule has 74 valence electrons. The Kier molecular flexibility index (Phi) is 2.54. The van der Waals surface area contributed by atoms with Crippen molar-refractivity contribution in [3.8, 4) is 0 Å². The molecule has 0 aromatic rings. The minimum Gasteiger partial charge on any atom is -0.342 e. The third kappa shape index (κ3) is 1.70. The zero-order valence-corrected chi connectivity index (χ0v) is 8.25. The Morgan fingerprint density at radius 1 is 1.38 bits per heavy atom. The number of amides is 1. The fraction of sp³-hybridized carbons (Fsp3) is 0.900. The highest BCUT2D eigenvalue weighted by Crippen LogP contribution is 2.20. The number of carbonyl (C=O) groups excluding carboxylic acids is 1. The van der Waals surface area contributed by atoms with Crippen LogP contribution < -0.4 is 5.32 Å². The number of likely N-dealkylation sites (tertiary alicyclic amines) is 1. The van der Waals surface area contributed by atoms with Crippen LogP contribution >= 0.6 is 0 Å². The van der Waals surface area contributed by atoms with Crippen LogP contribution in [-0.2, 0) is 4.79 Å². The Hall–Kier alpha value is -0.570. The topological polar surface area (TPSA) is 32.3 Å². The van der Waals surface area contributed by atoms with E-state index < -0.39 is 0 Å². The first-order chi connectivity index (χ1) is 6.29. The molecule has 3 heteroatoms. The van der Waals surface area contributed by atoms with Gasteiger partial charge >= 0.3 is 0 Å². The molecular formula is C10H18N2O. The summed E-state index contributed by atoms with van der Waals surface area (Å²) >= 11 is 0. The van der Waals surface area contributed by atoms with Crippen LogP contribution in [0.25, 0.3) is 0 Å². The normalized spacial score (nSPS) is 25.8. The molecule has 2 aliphatic heterocycles. The Bertz CT molecular complexity index is 195. The molecule has 0 bridgehead atoms. The number of rotatable bonds is 2. The van der Waals surface area contributed by atoms with Gasteiger partial charge in [0.25, 0.3) is 0 Å². The van der Waals surface area contributed by atoms with Gasteiger partial charge in [0.1, 0.15) is 0 Å². The second-order valence-corrected chi connectivity index (χ2v) is 4.24. The molecule has 2 aliphatic rings. The molecule has 0 radical (unpaired) electrons. The number of hydrogen-bond donors (Lipinski definition) is 1. The summed E-state index contributed by atoms with van der Waals surface area (Å²) in [5, 5.41) is 3.22. The average Bonchev–Trinajstić information content (AvgIpc) is 2.51. The van der Waals surface area contributed by atoms with Crippen LogP contribution in [0.4, 0.5) is 0 Å². The van der Waals surface area contributed by atoms with Gasteiger partial charge in [0.15, 0.2) is 0 Å². The number of nitrogens with one attached hydrogen (secondary N) is 1. The summed E-state index contributed by atoms with van der Waals surface area (Å²) in [6.07, 6.45) is 2.39. The van der Waals surface area contributed by atoms with Gasteiger partial charge in [0.2, 0.25) is 5.91 Å². The van der Waals surface area contributed by atoms with E-state index in [1.165, 1.54) is 12.8 Å². The molecule has 0 saturated carbocycles. The molecule has 1 atom stereocenters. The van der Waals surface area contributed by atoms with Crippen molar-refractivity contribution in [2.45, 2.75) is 19.8 Å². The molecule has 2 heterocycles. The van der Waals surface area contributed by atoms with Gasteiger partial charge in [-0.05, 0) is 31.8 Å². The van der Waals surface area contributed by atoms with Gasteiger partial charge in [-0.1, -0.05) is 6.92 Å². The van der Waals surface area contributed by atoms with Crippen LogP contribution in [0.3, 0.4) is 0 Å². The standard InChI is InChI=1S/C10H18N2O/c1-8(9-6-11-7-9)10(13)12-4-2-3-5-12/h8-9,11H,2-7H2,1H3. The van der Waals surface area contributed by atoms with Crippen molar-refractivity contribution in [3.05, 3.63) is 0 Å². The van der Waals surface area contributed by atoms with Gasteiger partial charge in [-0.15, -0.1) is 0 Å². The molecule has 0 aliphatic carbocycles. The summed E-state index contributed by atoms with van der Waals surface area (Å²) < 4.78 is 0. The van der Waals surface area contributed by atoms with E-state index in [9.17, 15) is 4.79 Å². The molecule has 2 saturated heterocycles. The van der Waals surface area contributed by atoms with Crippen LogP contribution in [0.1, 0.15) is 19.8 Å². The third-order valence-corrected chi connectivity index (χ3v) is 3.33. The third-order valence-electron chi connectivity index (χ3n) is 3.33. The molecule has 13 heavy (non-hydrogen) atoms. The van der Waals surface area contributed by atoms with Crippen molar-refractivity contribution >= 4 is 5.91 Å². The highest BCUT2D eigenvalue weighted by molar-refractivity contribution is 5.79. The maximum absolute atomic E-state index is 11.9. The summed E-state index contributed by atoms with van der Waals surface area (Å²) in [6, 6.07) is 0. The minimum absolute atomic E-state index is 0.236. The van der Waals surface area contributed by atoms with Gasteiger partial charge < -0.3 is 10.2 Å². The maximum Gasteiger partial charge on any atom is 0.225 e. The molecule has 0 aromatic carbocycles. The van der Waals surface area contributed by atoms with E-state index >= 15 is 0 Å². The smallest absolute Gasteiger partial charge is 0.225 e. The van der Waals surface area contributed by atoms with Gasteiger partial charge in [-0.25, -0.2) is 0 Å². The van der Waals surface area contributed by atoms with Crippen LogP contribution in [0, 0.1) is 11.8 Å². The summed E-state index contributed by atoms with van der Waals surface area (Å²) in [7, 11) is 0. The molecule has 1 N–H and O–H groups in total.